The molecule has 2 aromatic carbocycles. The molecule has 0 spiro atoms. The van der Waals surface area contributed by atoms with Crippen molar-refractivity contribution in [2.75, 3.05) is 5.32 Å². The molecule has 0 aliphatic heterocycles. The van der Waals surface area contributed by atoms with E-state index in [1.807, 2.05) is 0 Å². The first-order valence-corrected chi connectivity index (χ1v) is 11.9. The van der Waals surface area contributed by atoms with Crippen LogP contribution < -0.4 is 5.32 Å². The molecule has 3 rings (SSSR count). The normalized spacial score (nSPS) is 20.7. The third-order valence-electron chi connectivity index (χ3n) is 4.71. The largest absolute Gasteiger partial charge is 0.446 e. The first kappa shape index (κ1) is 21.5. The fourth-order valence-electron chi connectivity index (χ4n) is 3.32. The van der Waals surface area contributed by atoms with E-state index in [0.717, 1.165) is 10.2 Å². The van der Waals surface area contributed by atoms with Gasteiger partial charge in [0.25, 0.3) is 0 Å². The van der Waals surface area contributed by atoms with E-state index in [0.29, 0.717) is 30.6 Å². The van der Waals surface area contributed by atoms with Gasteiger partial charge in [0, 0.05) is 21.1 Å². The molecule has 1 aliphatic carbocycles. The Morgan fingerprint density at radius 1 is 0.929 bits per heavy atom. The van der Waals surface area contributed by atoms with Crippen molar-refractivity contribution >= 4 is 43.2 Å². The summed E-state index contributed by atoms with van der Waals surface area (Å²) in [6, 6.07) is 12.9. The summed E-state index contributed by atoms with van der Waals surface area (Å²) in [5.74, 6) is 0. The highest BCUT2D eigenvalue weighted by Gasteiger charge is 2.32. The van der Waals surface area contributed by atoms with Crippen molar-refractivity contribution < 1.29 is 21.6 Å². The second-order valence-corrected chi connectivity index (χ2v) is 11.0. The molecule has 0 aromatic heterocycles. The van der Waals surface area contributed by atoms with E-state index in [9.17, 15) is 21.6 Å². The van der Waals surface area contributed by atoms with Gasteiger partial charge in [0.1, 0.15) is 0 Å². The SMILES string of the molecule is O=S(=O)(c1ccc(Br)cc1)C1CCC(Nc2ccc(SC(F)(F)F)cc2)CC1. The van der Waals surface area contributed by atoms with E-state index in [1.165, 1.54) is 12.1 Å². The number of nitrogens with one attached hydrogen (secondary N) is 1. The van der Waals surface area contributed by atoms with Crippen LogP contribution in [0.4, 0.5) is 18.9 Å². The lowest BCUT2D eigenvalue weighted by molar-refractivity contribution is -0.0328. The van der Waals surface area contributed by atoms with Crippen molar-refractivity contribution in [1.82, 2.24) is 0 Å². The Bertz CT molecular complexity index is 892. The van der Waals surface area contributed by atoms with Crippen LogP contribution in [0, 0.1) is 0 Å². The summed E-state index contributed by atoms with van der Waals surface area (Å²) < 4.78 is 63.6. The smallest absolute Gasteiger partial charge is 0.382 e. The van der Waals surface area contributed by atoms with Gasteiger partial charge in [0.2, 0.25) is 0 Å². The molecular weight excluding hydrogens is 475 g/mol. The Labute approximate surface area is 175 Å². The number of thioether (sulfide) groups is 1. The first-order chi connectivity index (χ1) is 13.1. The molecule has 0 atom stereocenters. The van der Waals surface area contributed by atoms with Crippen molar-refractivity contribution in [3.63, 3.8) is 0 Å². The van der Waals surface area contributed by atoms with Crippen LogP contribution in [0.2, 0.25) is 0 Å². The highest BCUT2D eigenvalue weighted by molar-refractivity contribution is 9.10. The molecule has 1 fully saturated rings. The summed E-state index contributed by atoms with van der Waals surface area (Å²) in [7, 11) is -3.36. The molecule has 2 aromatic rings. The lowest BCUT2D eigenvalue weighted by Gasteiger charge is -2.29. The second-order valence-electron chi connectivity index (χ2n) is 6.69. The highest BCUT2D eigenvalue weighted by Crippen LogP contribution is 2.37. The van der Waals surface area contributed by atoms with Gasteiger partial charge >= 0.3 is 5.51 Å². The molecule has 0 radical (unpaired) electrons. The molecule has 0 amide bonds. The number of hydrogen-bond acceptors (Lipinski definition) is 4. The fraction of sp³-hybridized carbons (Fsp3) is 0.368. The molecule has 0 unspecified atom stereocenters. The van der Waals surface area contributed by atoms with Crippen LogP contribution in [0.15, 0.2) is 62.8 Å². The molecule has 0 bridgehead atoms. The molecule has 3 nitrogen and oxygen atoms in total. The Morgan fingerprint density at radius 2 is 1.50 bits per heavy atom. The zero-order valence-electron chi connectivity index (χ0n) is 14.7. The standard InChI is InChI=1S/C19H19BrF3NO2S2/c20-13-1-9-17(10-2-13)28(25,26)18-11-5-15(6-12-18)24-14-3-7-16(8-4-14)27-19(21,22)23/h1-4,7-10,15,18,24H,5-6,11-12H2. The third kappa shape index (κ3) is 5.67. The average Bonchev–Trinajstić information content (AvgIpc) is 2.63. The van der Waals surface area contributed by atoms with Crippen LogP contribution in [0.25, 0.3) is 0 Å². The van der Waals surface area contributed by atoms with Crippen LogP contribution in [-0.4, -0.2) is 25.2 Å². The summed E-state index contributed by atoms with van der Waals surface area (Å²) in [6.45, 7) is 0. The van der Waals surface area contributed by atoms with E-state index in [-0.39, 0.29) is 22.7 Å². The number of anilines is 1. The summed E-state index contributed by atoms with van der Waals surface area (Å²) in [6.07, 6.45) is 2.50. The fourth-order valence-corrected chi connectivity index (χ4v) is 5.92. The van der Waals surface area contributed by atoms with Gasteiger partial charge in [0.15, 0.2) is 9.84 Å². The minimum atomic E-state index is -4.30. The Kier molecular flexibility index (Phi) is 6.66. The van der Waals surface area contributed by atoms with Crippen LogP contribution >= 0.6 is 27.7 Å². The predicted molar refractivity (Wildman–Crippen MR) is 109 cm³/mol. The Hall–Kier alpha value is -1.19. The maximum Gasteiger partial charge on any atom is 0.446 e. The van der Waals surface area contributed by atoms with E-state index < -0.39 is 20.6 Å². The van der Waals surface area contributed by atoms with Crippen molar-refractivity contribution in [3.8, 4) is 0 Å². The van der Waals surface area contributed by atoms with Gasteiger partial charge in [0.05, 0.1) is 10.1 Å². The molecule has 152 valence electrons. The molecule has 9 heteroatoms. The van der Waals surface area contributed by atoms with Crippen LogP contribution in [0.3, 0.4) is 0 Å². The van der Waals surface area contributed by atoms with Gasteiger partial charge in [-0.3, -0.25) is 0 Å². The van der Waals surface area contributed by atoms with Gasteiger partial charge in [-0.1, -0.05) is 15.9 Å². The predicted octanol–water partition coefficient (Wildman–Crippen LogP) is 6.26. The molecule has 0 heterocycles. The summed E-state index contributed by atoms with van der Waals surface area (Å²) >= 11 is 3.17. The molecule has 0 saturated heterocycles. The van der Waals surface area contributed by atoms with Crippen molar-refractivity contribution in [3.05, 3.63) is 53.0 Å². The van der Waals surface area contributed by atoms with Gasteiger partial charge < -0.3 is 5.32 Å². The number of alkyl halides is 3. The zero-order valence-corrected chi connectivity index (χ0v) is 18.0. The lowest BCUT2D eigenvalue weighted by Crippen LogP contribution is -2.32. The molecule has 1 aliphatic rings. The summed E-state index contributed by atoms with van der Waals surface area (Å²) in [4.78, 5) is 0.479. The third-order valence-corrected chi connectivity index (χ3v) is 8.26. The maximum atomic E-state index is 12.8. The van der Waals surface area contributed by atoms with Crippen LogP contribution in [0.1, 0.15) is 25.7 Å². The number of halogens is 4. The molecular formula is C19H19BrF3NO2S2. The Morgan fingerprint density at radius 3 is 2.04 bits per heavy atom. The number of hydrogen-bond donors (Lipinski definition) is 1. The molecule has 1 saturated carbocycles. The van der Waals surface area contributed by atoms with Gasteiger partial charge in [-0.15, -0.1) is 0 Å². The average molecular weight is 494 g/mol. The van der Waals surface area contributed by atoms with E-state index in [2.05, 4.69) is 21.2 Å². The molecule has 1 N–H and O–H groups in total. The summed E-state index contributed by atoms with van der Waals surface area (Å²) in [5, 5.41) is 2.89. The maximum absolute atomic E-state index is 12.8. The first-order valence-electron chi connectivity index (χ1n) is 8.75. The lowest BCUT2D eigenvalue weighted by atomic mass is 9.95. The van der Waals surface area contributed by atoms with E-state index >= 15 is 0 Å². The van der Waals surface area contributed by atoms with Crippen molar-refractivity contribution in [2.24, 2.45) is 0 Å². The van der Waals surface area contributed by atoms with E-state index in [4.69, 9.17) is 0 Å². The van der Waals surface area contributed by atoms with Gasteiger partial charge in [-0.2, -0.15) is 13.2 Å². The second kappa shape index (κ2) is 8.67. The quantitative estimate of drug-likeness (QED) is 0.499. The minimum absolute atomic E-state index is 0.109. The molecule has 28 heavy (non-hydrogen) atoms. The highest BCUT2D eigenvalue weighted by atomic mass is 79.9. The number of benzene rings is 2. The zero-order chi connectivity index (χ0) is 20.4. The summed E-state index contributed by atoms with van der Waals surface area (Å²) in [5.41, 5.74) is -3.56. The Balaban J connectivity index is 1.56. The monoisotopic (exact) mass is 493 g/mol. The van der Waals surface area contributed by atoms with E-state index in [1.54, 1.807) is 36.4 Å². The number of rotatable bonds is 5. The van der Waals surface area contributed by atoms with Crippen molar-refractivity contribution in [1.29, 1.82) is 0 Å². The van der Waals surface area contributed by atoms with Gasteiger partial charge in [-0.25, -0.2) is 8.42 Å². The number of sulfone groups is 1. The minimum Gasteiger partial charge on any atom is -0.382 e. The topological polar surface area (TPSA) is 46.2 Å². The van der Waals surface area contributed by atoms with Crippen LogP contribution in [0.5, 0.6) is 0 Å². The van der Waals surface area contributed by atoms with Crippen molar-refractivity contribution in [2.45, 2.75) is 52.3 Å². The van der Waals surface area contributed by atoms with Gasteiger partial charge in [-0.05, 0) is 86.0 Å². The van der Waals surface area contributed by atoms with Crippen LogP contribution in [-0.2, 0) is 9.84 Å².